The molecule has 96 valence electrons. The largest absolute Gasteiger partial charge is 0.390 e. The van der Waals surface area contributed by atoms with Gasteiger partial charge < -0.3 is 5.73 Å². The number of halogens is 3. The van der Waals surface area contributed by atoms with Crippen molar-refractivity contribution in [2.24, 2.45) is 5.73 Å². The summed E-state index contributed by atoms with van der Waals surface area (Å²) in [5, 5.41) is 0. The molecule has 1 unspecified atom stereocenters. The van der Waals surface area contributed by atoms with Crippen LogP contribution in [-0.2, 0) is 0 Å². The Morgan fingerprint density at radius 3 is 2.65 bits per heavy atom. The van der Waals surface area contributed by atoms with Gasteiger partial charge in [0, 0.05) is 31.5 Å². The molecule has 6 heteroatoms. The molecule has 1 atom stereocenters. The van der Waals surface area contributed by atoms with Crippen LogP contribution in [-0.4, -0.2) is 36.2 Å². The molecule has 2 N–H and O–H groups in total. The van der Waals surface area contributed by atoms with E-state index in [9.17, 15) is 13.2 Å². The average molecular weight is 247 g/mol. The second-order valence-corrected chi connectivity index (χ2v) is 3.88. The van der Waals surface area contributed by atoms with E-state index < -0.39 is 12.6 Å². The van der Waals surface area contributed by atoms with Gasteiger partial charge in [-0.15, -0.1) is 0 Å². The Hall–Kier alpha value is -1.14. The van der Waals surface area contributed by atoms with Crippen molar-refractivity contribution in [2.45, 2.75) is 18.6 Å². The van der Waals surface area contributed by atoms with E-state index in [1.807, 2.05) is 6.07 Å². The van der Waals surface area contributed by atoms with Gasteiger partial charge in [-0.3, -0.25) is 9.88 Å². The first kappa shape index (κ1) is 13.9. The van der Waals surface area contributed by atoms with E-state index in [0.29, 0.717) is 0 Å². The van der Waals surface area contributed by atoms with Gasteiger partial charge in [0.1, 0.15) is 0 Å². The Bertz CT molecular complexity index is 326. The molecule has 1 rings (SSSR count). The molecule has 1 aromatic heterocycles. The zero-order chi connectivity index (χ0) is 12.9. The second-order valence-electron chi connectivity index (χ2n) is 3.88. The molecular weight excluding hydrogens is 231 g/mol. The molecule has 0 amide bonds. The van der Waals surface area contributed by atoms with Crippen LogP contribution in [0.1, 0.15) is 18.0 Å². The number of nitrogens with two attached hydrogens (primary N) is 1. The summed E-state index contributed by atoms with van der Waals surface area (Å²) in [6, 6.07) is 3.33. The predicted molar refractivity (Wildman–Crippen MR) is 59.3 cm³/mol. The molecular formula is C11H16F3N3. The van der Waals surface area contributed by atoms with Crippen LogP contribution in [0.5, 0.6) is 0 Å². The molecule has 1 heterocycles. The van der Waals surface area contributed by atoms with E-state index >= 15 is 0 Å². The maximum absolute atomic E-state index is 12.1. The SMILES string of the molecule is CN(CCC(F)(F)F)C(CN)c1cccnc1. The summed E-state index contributed by atoms with van der Waals surface area (Å²) < 4.78 is 36.3. The Kier molecular flexibility index (Phi) is 4.89. The van der Waals surface area contributed by atoms with Crippen LogP contribution in [0.25, 0.3) is 0 Å². The Labute approximate surface area is 98.4 Å². The van der Waals surface area contributed by atoms with Gasteiger partial charge in [0.15, 0.2) is 0 Å². The zero-order valence-corrected chi connectivity index (χ0v) is 9.61. The highest BCUT2D eigenvalue weighted by Gasteiger charge is 2.28. The number of alkyl halides is 3. The first-order valence-electron chi connectivity index (χ1n) is 5.31. The van der Waals surface area contributed by atoms with Gasteiger partial charge >= 0.3 is 6.18 Å². The summed E-state index contributed by atoms with van der Waals surface area (Å²) in [5.74, 6) is 0. The number of likely N-dealkylation sites (N-methyl/N-ethyl adjacent to an activating group) is 1. The summed E-state index contributed by atoms with van der Waals surface area (Å²) in [5.41, 5.74) is 6.43. The van der Waals surface area contributed by atoms with Crippen LogP contribution >= 0.6 is 0 Å². The Morgan fingerprint density at radius 2 is 2.18 bits per heavy atom. The molecule has 0 saturated carbocycles. The number of pyridine rings is 1. The molecule has 0 aromatic carbocycles. The lowest BCUT2D eigenvalue weighted by molar-refractivity contribution is -0.138. The van der Waals surface area contributed by atoms with Gasteiger partial charge in [0.25, 0.3) is 0 Å². The van der Waals surface area contributed by atoms with Crippen molar-refractivity contribution in [2.75, 3.05) is 20.1 Å². The lowest BCUT2D eigenvalue weighted by Gasteiger charge is -2.27. The van der Waals surface area contributed by atoms with Gasteiger partial charge in [0.05, 0.1) is 6.42 Å². The first-order valence-corrected chi connectivity index (χ1v) is 5.31. The van der Waals surface area contributed by atoms with Crippen molar-refractivity contribution in [3.05, 3.63) is 30.1 Å². The molecule has 0 saturated heterocycles. The van der Waals surface area contributed by atoms with E-state index in [4.69, 9.17) is 5.73 Å². The second kappa shape index (κ2) is 5.97. The number of rotatable bonds is 5. The Balaban J connectivity index is 2.62. The van der Waals surface area contributed by atoms with Gasteiger partial charge in [-0.05, 0) is 18.7 Å². The first-order chi connectivity index (χ1) is 7.94. The maximum Gasteiger partial charge on any atom is 0.390 e. The summed E-state index contributed by atoms with van der Waals surface area (Å²) >= 11 is 0. The smallest absolute Gasteiger partial charge is 0.329 e. The average Bonchev–Trinajstić information content (AvgIpc) is 2.28. The molecule has 0 bridgehead atoms. The highest BCUT2D eigenvalue weighted by Crippen LogP contribution is 2.23. The number of nitrogens with zero attached hydrogens (tertiary/aromatic N) is 2. The van der Waals surface area contributed by atoms with Crippen molar-refractivity contribution < 1.29 is 13.2 Å². The molecule has 3 nitrogen and oxygen atoms in total. The number of aromatic nitrogens is 1. The van der Waals surface area contributed by atoms with E-state index in [1.54, 1.807) is 30.4 Å². The minimum Gasteiger partial charge on any atom is -0.329 e. The van der Waals surface area contributed by atoms with Gasteiger partial charge in [0.2, 0.25) is 0 Å². The fraction of sp³-hybridized carbons (Fsp3) is 0.545. The van der Waals surface area contributed by atoms with Crippen LogP contribution in [0.4, 0.5) is 13.2 Å². The molecule has 0 aliphatic carbocycles. The zero-order valence-electron chi connectivity index (χ0n) is 9.61. The van der Waals surface area contributed by atoms with E-state index in [1.165, 1.54) is 0 Å². The normalized spacial score (nSPS) is 14.0. The lowest BCUT2D eigenvalue weighted by Crippen LogP contribution is -2.33. The fourth-order valence-corrected chi connectivity index (χ4v) is 1.60. The fourth-order valence-electron chi connectivity index (χ4n) is 1.60. The van der Waals surface area contributed by atoms with Crippen molar-refractivity contribution >= 4 is 0 Å². The minimum atomic E-state index is -4.14. The van der Waals surface area contributed by atoms with E-state index in [0.717, 1.165) is 5.56 Å². The third-order valence-electron chi connectivity index (χ3n) is 2.57. The third kappa shape index (κ3) is 4.70. The van der Waals surface area contributed by atoms with Gasteiger partial charge in [-0.25, -0.2) is 0 Å². The van der Waals surface area contributed by atoms with Crippen molar-refractivity contribution in [3.63, 3.8) is 0 Å². The quantitative estimate of drug-likeness (QED) is 0.865. The molecule has 0 aliphatic heterocycles. The topological polar surface area (TPSA) is 42.1 Å². The lowest BCUT2D eigenvalue weighted by atomic mass is 10.1. The highest BCUT2D eigenvalue weighted by molar-refractivity contribution is 5.14. The number of hydrogen-bond donors (Lipinski definition) is 1. The molecule has 1 aromatic rings. The Morgan fingerprint density at radius 1 is 1.47 bits per heavy atom. The summed E-state index contributed by atoms with van der Waals surface area (Å²) in [7, 11) is 1.64. The molecule has 0 aliphatic rings. The van der Waals surface area contributed by atoms with Crippen molar-refractivity contribution in [3.8, 4) is 0 Å². The predicted octanol–water partition coefficient (Wildman–Crippen LogP) is 1.97. The van der Waals surface area contributed by atoms with Crippen LogP contribution < -0.4 is 5.73 Å². The van der Waals surface area contributed by atoms with Crippen LogP contribution in [0, 0.1) is 0 Å². The van der Waals surface area contributed by atoms with Crippen LogP contribution in [0.15, 0.2) is 24.5 Å². The van der Waals surface area contributed by atoms with Gasteiger partial charge in [-0.1, -0.05) is 6.07 Å². The van der Waals surface area contributed by atoms with Crippen molar-refractivity contribution in [1.29, 1.82) is 0 Å². The third-order valence-corrected chi connectivity index (χ3v) is 2.57. The summed E-state index contributed by atoms with van der Waals surface area (Å²) in [4.78, 5) is 5.54. The van der Waals surface area contributed by atoms with E-state index in [2.05, 4.69) is 4.98 Å². The van der Waals surface area contributed by atoms with E-state index in [-0.39, 0.29) is 19.1 Å². The minimum absolute atomic E-state index is 0.0692. The molecule has 0 spiro atoms. The standard InChI is InChI=1S/C11H16F3N3/c1-17(6-4-11(12,13)14)10(7-15)9-3-2-5-16-8-9/h2-3,5,8,10H,4,6-7,15H2,1H3. The molecule has 0 fully saturated rings. The maximum atomic E-state index is 12.1. The van der Waals surface area contributed by atoms with Crippen molar-refractivity contribution in [1.82, 2.24) is 9.88 Å². The molecule has 17 heavy (non-hydrogen) atoms. The molecule has 0 radical (unpaired) electrons. The highest BCUT2D eigenvalue weighted by atomic mass is 19.4. The number of hydrogen-bond acceptors (Lipinski definition) is 3. The summed E-state index contributed by atoms with van der Waals surface area (Å²) in [6.45, 7) is 0.195. The van der Waals surface area contributed by atoms with Crippen LogP contribution in [0.2, 0.25) is 0 Å². The van der Waals surface area contributed by atoms with Gasteiger partial charge in [-0.2, -0.15) is 13.2 Å². The monoisotopic (exact) mass is 247 g/mol. The summed E-state index contributed by atoms with van der Waals surface area (Å²) in [6.07, 6.45) is -1.73. The van der Waals surface area contributed by atoms with Crippen LogP contribution in [0.3, 0.4) is 0 Å².